The summed E-state index contributed by atoms with van der Waals surface area (Å²) in [7, 11) is -4.10. The van der Waals surface area contributed by atoms with Crippen molar-refractivity contribution in [1.82, 2.24) is 0 Å². The van der Waals surface area contributed by atoms with Crippen molar-refractivity contribution in [1.29, 1.82) is 0 Å². The molecule has 0 aromatic heterocycles. The summed E-state index contributed by atoms with van der Waals surface area (Å²) in [6.45, 7) is 1.33. The molecular formula is C15H11ClF3NO3S. The van der Waals surface area contributed by atoms with Gasteiger partial charge in [0.25, 0.3) is 10.0 Å². The molecule has 0 atom stereocenters. The maximum atomic E-state index is 12.8. The number of halogens is 4. The molecule has 0 aliphatic rings. The zero-order valence-corrected chi connectivity index (χ0v) is 13.8. The van der Waals surface area contributed by atoms with Gasteiger partial charge in [-0.15, -0.1) is 0 Å². The molecule has 0 heterocycles. The molecule has 128 valence electrons. The first kappa shape index (κ1) is 18.3. The monoisotopic (exact) mass is 377 g/mol. The first-order valence-electron chi connectivity index (χ1n) is 6.51. The minimum Gasteiger partial charge on any atom is -0.295 e. The van der Waals surface area contributed by atoms with Gasteiger partial charge >= 0.3 is 6.18 Å². The summed E-state index contributed by atoms with van der Waals surface area (Å²) < 4.78 is 64.9. The molecule has 0 bridgehead atoms. The normalized spacial score (nSPS) is 12.0. The van der Waals surface area contributed by atoms with Gasteiger partial charge in [0.15, 0.2) is 5.78 Å². The molecule has 0 aliphatic carbocycles. The lowest BCUT2D eigenvalue weighted by Crippen LogP contribution is -2.14. The van der Waals surface area contributed by atoms with Crippen LogP contribution in [0.15, 0.2) is 47.4 Å². The van der Waals surface area contributed by atoms with Crippen molar-refractivity contribution in [2.24, 2.45) is 0 Å². The van der Waals surface area contributed by atoms with Gasteiger partial charge in [0.2, 0.25) is 0 Å². The predicted octanol–water partition coefficient (Wildman–Crippen LogP) is 4.36. The van der Waals surface area contributed by atoms with Crippen LogP contribution in [0.5, 0.6) is 0 Å². The highest BCUT2D eigenvalue weighted by Gasteiger charge is 2.33. The average molecular weight is 378 g/mol. The Kier molecular flexibility index (Phi) is 4.91. The lowest BCUT2D eigenvalue weighted by atomic mass is 10.2. The first-order valence-corrected chi connectivity index (χ1v) is 8.37. The fourth-order valence-corrected chi connectivity index (χ4v) is 3.16. The van der Waals surface area contributed by atoms with Gasteiger partial charge in [-0.05, 0) is 37.3 Å². The summed E-state index contributed by atoms with van der Waals surface area (Å²) in [6, 6.07) is 7.73. The van der Waals surface area contributed by atoms with Gasteiger partial charge < -0.3 is 0 Å². The van der Waals surface area contributed by atoms with Crippen molar-refractivity contribution >= 4 is 33.1 Å². The van der Waals surface area contributed by atoms with Gasteiger partial charge in [-0.2, -0.15) is 13.2 Å². The van der Waals surface area contributed by atoms with E-state index < -0.39 is 26.8 Å². The number of hydrogen-bond acceptors (Lipinski definition) is 3. The van der Waals surface area contributed by atoms with Crippen LogP contribution in [0.3, 0.4) is 0 Å². The number of ketones is 1. The fourth-order valence-electron chi connectivity index (χ4n) is 1.89. The third-order valence-electron chi connectivity index (χ3n) is 3.10. The molecule has 2 aromatic carbocycles. The third kappa shape index (κ3) is 4.07. The Hall–Kier alpha value is -2.06. The van der Waals surface area contributed by atoms with E-state index in [0.717, 1.165) is 12.1 Å². The van der Waals surface area contributed by atoms with E-state index in [-0.39, 0.29) is 16.4 Å². The van der Waals surface area contributed by atoms with Crippen molar-refractivity contribution < 1.29 is 26.4 Å². The van der Waals surface area contributed by atoms with Crippen LogP contribution in [0.25, 0.3) is 0 Å². The highest BCUT2D eigenvalue weighted by atomic mass is 35.5. The Morgan fingerprint density at radius 1 is 1.08 bits per heavy atom. The lowest BCUT2D eigenvalue weighted by molar-refractivity contribution is -0.137. The standard InChI is InChI=1S/C15H11ClF3NO3S/c1-9(21)10-2-5-12(6-3-10)24(22,23)20-11-4-7-14(16)13(8-11)15(17,18)19/h2-8,20H,1H3. The van der Waals surface area contributed by atoms with Crippen molar-refractivity contribution in [3.05, 3.63) is 58.6 Å². The number of carbonyl (C=O) groups excluding carboxylic acids is 1. The first-order chi connectivity index (χ1) is 11.0. The fraction of sp³-hybridized carbons (Fsp3) is 0.133. The molecule has 0 aliphatic heterocycles. The molecule has 2 rings (SSSR count). The largest absolute Gasteiger partial charge is 0.417 e. The number of benzene rings is 2. The van der Waals surface area contributed by atoms with Gasteiger partial charge in [-0.25, -0.2) is 8.42 Å². The SMILES string of the molecule is CC(=O)c1ccc(S(=O)(=O)Nc2ccc(Cl)c(C(F)(F)F)c2)cc1. The molecule has 24 heavy (non-hydrogen) atoms. The predicted molar refractivity (Wildman–Crippen MR) is 83.7 cm³/mol. The van der Waals surface area contributed by atoms with E-state index in [1.807, 2.05) is 0 Å². The highest BCUT2D eigenvalue weighted by Crippen LogP contribution is 2.36. The van der Waals surface area contributed by atoms with Crippen molar-refractivity contribution in [2.75, 3.05) is 4.72 Å². The minimum absolute atomic E-state index is 0.184. The molecule has 0 saturated heterocycles. The van der Waals surface area contributed by atoms with Crippen LogP contribution in [0.2, 0.25) is 5.02 Å². The third-order valence-corrected chi connectivity index (χ3v) is 4.82. The average Bonchev–Trinajstić information content (AvgIpc) is 2.48. The number of carbonyl (C=O) groups is 1. The van der Waals surface area contributed by atoms with Gasteiger partial charge in [0, 0.05) is 11.3 Å². The van der Waals surface area contributed by atoms with Crippen LogP contribution < -0.4 is 4.72 Å². The molecule has 0 unspecified atom stereocenters. The molecule has 0 spiro atoms. The number of anilines is 1. The number of sulfonamides is 1. The Morgan fingerprint density at radius 3 is 2.17 bits per heavy atom. The number of hydrogen-bond donors (Lipinski definition) is 1. The molecule has 2 aromatic rings. The Morgan fingerprint density at radius 2 is 1.67 bits per heavy atom. The van der Waals surface area contributed by atoms with E-state index in [0.29, 0.717) is 11.6 Å². The van der Waals surface area contributed by atoms with Crippen LogP contribution in [0.4, 0.5) is 18.9 Å². The maximum Gasteiger partial charge on any atom is 0.417 e. The van der Waals surface area contributed by atoms with Gasteiger partial charge in [0.1, 0.15) is 0 Å². The van der Waals surface area contributed by atoms with Crippen molar-refractivity contribution in [3.8, 4) is 0 Å². The Labute approximate surface area is 141 Å². The molecule has 1 N–H and O–H groups in total. The molecule has 0 saturated carbocycles. The second-order valence-electron chi connectivity index (χ2n) is 4.88. The van der Waals surface area contributed by atoms with Crippen LogP contribution in [-0.4, -0.2) is 14.2 Å². The van der Waals surface area contributed by atoms with Crippen molar-refractivity contribution in [2.45, 2.75) is 18.0 Å². The van der Waals surface area contributed by atoms with Crippen LogP contribution in [0.1, 0.15) is 22.8 Å². The minimum atomic E-state index is -4.71. The van der Waals surface area contributed by atoms with Crippen LogP contribution in [0, 0.1) is 0 Å². The quantitative estimate of drug-likeness (QED) is 0.805. The number of Topliss-reactive ketones (excluding diaryl/α,β-unsaturated/α-hetero) is 1. The van der Waals surface area contributed by atoms with Gasteiger partial charge in [-0.3, -0.25) is 9.52 Å². The summed E-state index contributed by atoms with van der Waals surface area (Å²) in [6.07, 6.45) is -4.71. The Balaban J connectivity index is 2.34. The summed E-state index contributed by atoms with van der Waals surface area (Å²) >= 11 is 5.49. The second kappa shape index (κ2) is 6.45. The van der Waals surface area contributed by atoms with E-state index in [4.69, 9.17) is 11.6 Å². The van der Waals surface area contributed by atoms with Gasteiger partial charge in [0.05, 0.1) is 15.5 Å². The van der Waals surface area contributed by atoms with Crippen molar-refractivity contribution in [3.63, 3.8) is 0 Å². The van der Waals surface area contributed by atoms with Crippen LogP contribution in [-0.2, 0) is 16.2 Å². The number of alkyl halides is 3. The van der Waals surface area contributed by atoms with E-state index in [1.54, 1.807) is 0 Å². The zero-order chi connectivity index (χ0) is 18.1. The molecule has 0 fully saturated rings. The summed E-state index contributed by atoms with van der Waals surface area (Å²) in [5.41, 5.74) is -1.10. The topological polar surface area (TPSA) is 63.2 Å². The molecule has 9 heteroatoms. The molecular weight excluding hydrogens is 367 g/mol. The van der Waals surface area contributed by atoms with E-state index in [2.05, 4.69) is 4.72 Å². The second-order valence-corrected chi connectivity index (χ2v) is 6.97. The summed E-state index contributed by atoms with van der Waals surface area (Å²) in [4.78, 5) is 11.0. The lowest BCUT2D eigenvalue weighted by Gasteiger charge is -2.13. The molecule has 4 nitrogen and oxygen atoms in total. The van der Waals surface area contributed by atoms with E-state index >= 15 is 0 Å². The van der Waals surface area contributed by atoms with Crippen LogP contribution >= 0.6 is 11.6 Å². The summed E-state index contributed by atoms with van der Waals surface area (Å²) in [5, 5.41) is -0.531. The van der Waals surface area contributed by atoms with E-state index in [9.17, 15) is 26.4 Å². The Bertz CT molecular complexity index is 878. The van der Waals surface area contributed by atoms with E-state index in [1.165, 1.54) is 31.2 Å². The summed E-state index contributed by atoms with van der Waals surface area (Å²) in [5.74, 6) is -0.237. The highest BCUT2D eigenvalue weighted by molar-refractivity contribution is 7.92. The molecule has 0 radical (unpaired) electrons. The zero-order valence-electron chi connectivity index (χ0n) is 12.2. The smallest absolute Gasteiger partial charge is 0.295 e. The maximum absolute atomic E-state index is 12.8. The number of nitrogens with one attached hydrogen (secondary N) is 1. The number of rotatable bonds is 4. The van der Waals surface area contributed by atoms with Gasteiger partial charge in [-0.1, -0.05) is 23.7 Å². The molecule has 0 amide bonds.